The van der Waals surface area contributed by atoms with Crippen molar-refractivity contribution in [1.29, 1.82) is 0 Å². The van der Waals surface area contributed by atoms with Crippen molar-refractivity contribution in [2.75, 3.05) is 7.11 Å². The van der Waals surface area contributed by atoms with Gasteiger partial charge in [-0.3, -0.25) is 4.79 Å². The zero-order valence-corrected chi connectivity index (χ0v) is 18.0. The largest absolute Gasteiger partial charge is 0.504 e. The second kappa shape index (κ2) is 9.51. The Morgan fingerprint density at radius 2 is 1.90 bits per heavy atom. The van der Waals surface area contributed by atoms with E-state index in [-0.39, 0.29) is 17.4 Å². The van der Waals surface area contributed by atoms with Crippen molar-refractivity contribution >= 4 is 5.97 Å². The highest BCUT2D eigenvalue weighted by atomic mass is 16.5. The number of ether oxygens (including phenoxy) is 1. The minimum atomic E-state index is -1.22. The predicted octanol–water partition coefficient (Wildman–Crippen LogP) is 4.82. The van der Waals surface area contributed by atoms with Crippen LogP contribution in [0.2, 0.25) is 0 Å². The number of aromatic carboxylic acids is 1. The van der Waals surface area contributed by atoms with Crippen LogP contribution in [0.4, 0.5) is 0 Å². The highest BCUT2D eigenvalue weighted by Gasteiger charge is 2.24. The first-order valence-electron chi connectivity index (χ1n) is 10.3. The SMILES string of the molecule is CCC1CCc2cc(O)c(OC)cc2-c2cc(=O)c(C(=O)O)cn21.Cc1ccccc1. The number of pyridine rings is 1. The van der Waals surface area contributed by atoms with E-state index in [0.29, 0.717) is 11.4 Å². The van der Waals surface area contributed by atoms with Crippen LogP contribution in [0.1, 0.15) is 47.3 Å². The molecule has 4 rings (SSSR count). The fourth-order valence-electron chi connectivity index (χ4n) is 3.85. The lowest BCUT2D eigenvalue weighted by molar-refractivity contribution is 0.0694. The monoisotopic (exact) mass is 421 g/mol. The van der Waals surface area contributed by atoms with E-state index in [4.69, 9.17) is 4.74 Å². The number of aromatic hydroxyl groups is 1. The van der Waals surface area contributed by atoms with E-state index in [2.05, 4.69) is 19.1 Å². The van der Waals surface area contributed by atoms with Gasteiger partial charge in [0.1, 0.15) is 5.56 Å². The van der Waals surface area contributed by atoms with Gasteiger partial charge < -0.3 is 19.5 Å². The van der Waals surface area contributed by atoms with Crippen LogP contribution in [0.15, 0.2) is 59.5 Å². The number of benzene rings is 2. The molecule has 1 aliphatic rings. The standard InChI is InChI=1S/C18H19NO5.C7H8/c1-3-11-5-4-10-6-16(21)17(24-2)7-12(10)14-8-15(20)13(18(22)23)9-19(11)14;1-7-5-3-2-4-6-7/h6-9,11,21H,3-5H2,1-2H3,(H,22,23);2-6H,1H3. The number of fused-ring (bicyclic) bond motifs is 3. The Morgan fingerprint density at radius 3 is 2.45 bits per heavy atom. The van der Waals surface area contributed by atoms with Crippen LogP contribution in [-0.4, -0.2) is 27.9 Å². The van der Waals surface area contributed by atoms with Crippen LogP contribution in [-0.2, 0) is 6.42 Å². The number of carbonyl (C=O) groups is 1. The van der Waals surface area contributed by atoms with Crippen molar-refractivity contribution in [2.45, 2.75) is 39.2 Å². The maximum atomic E-state index is 12.2. The molecular formula is C25H27NO5. The van der Waals surface area contributed by atoms with Crippen LogP contribution in [0, 0.1) is 6.92 Å². The van der Waals surface area contributed by atoms with Gasteiger partial charge in [-0.25, -0.2) is 4.79 Å². The fourth-order valence-corrected chi connectivity index (χ4v) is 3.85. The first kappa shape index (κ1) is 22.2. The Labute approximate surface area is 181 Å². The van der Waals surface area contributed by atoms with E-state index in [1.165, 1.54) is 24.9 Å². The number of phenolic OH excluding ortho intramolecular Hbond substituents is 1. The predicted molar refractivity (Wildman–Crippen MR) is 120 cm³/mol. The Morgan fingerprint density at radius 1 is 1.19 bits per heavy atom. The Bertz CT molecular complexity index is 1130. The summed E-state index contributed by atoms with van der Waals surface area (Å²) in [5.41, 5.74) is 2.93. The van der Waals surface area contributed by atoms with Crippen LogP contribution >= 0.6 is 0 Å². The molecule has 0 bridgehead atoms. The molecule has 0 aliphatic carbocycles. The molecule has 1 aliphatic heterocycles. The van der Waals surface area contributed by atoms with Gasteiger partial charge in [-0.1, -0.05) is 42.8 Å². The maximum Gasteiger partial charge on any atom is 0.341 e. The summed E-state index contributed by atoms with van der Waals surface area (Å²) in [5.74, 6) is -0.842. The fraction of sp³-hybridized carbons (Fsp3) is 0.280. The van der Waals surface area contributed by atoms with Crippen molar-refractivity contribution in [3.05, 3.63) is 81.6 Å². The van der Waals surface area contributed by atoms with Gasteiger partial charge in [-0.05, 0) is 43.9 Å². The molecule has 2 N–H and O–H groups in total. The summed E-state index contributed by atoms with van der Waals surface area (Å²) in [7, 11) is 1.47. The summed E-state index contributed by atoms with van der Waals surface area (Å²) in [4.78, 5) is 23.5. The van der Waals surface area contributed by atoms with Gasteiger partial charge in [0, 0.05) is 23.9 Å². The third-order valence-electron chi connectivity index (χ3n) is 5.54. The lowest BCUT2D eigenvalue weighted by atomic mass is 9.99. The van der Waals surface area contributed by atoms with Crippen LogP contribution < -0.4 is 10.2 Å². The Kier molecular flexibility index (Phi) is 6.80. The normalized spacial score (nSPS) is 14.4. The molecule has 6 nitrogen and oxygen atoms in total. The highest BCUT2D eigenvalue weighted by molar-refractivity contribution is 5.87. The number of methoxy groups -OCH3 is 1. The van der Waals surface area contributed by atoms with E-state index >= 15 is 0 Å². The molecule has 2 heterocycles. The maximum absolute atomic E-state index is 12.2. The van der Waals surface area contributed by atoms with E-state index in [1.807, 2.05) is 29.7 Å². The lowest BCUT2D eigenvalue weighted by Crippen LogP contribution is -2.20. The number of rotatable bonds is 3. The quantitative estimate of drug-likeness (QED) is 0.633. The topological polar surface area (TPSA) is 88.8 Å². The minimum absolute atomic E-state index is 0.0576. The number of nitrogens with zero attached hydrogens (tertiary/aromatic N) is 1. The molecule has 31 heavy (non-hydrogen) atoms. The smallest absolute Gasteiger partial charge is 0.341 e. The van der Waals surface area contributed by atoms with Crippen molar-refractivity contribution < 1.29 is 19.7 Å². The van der Waals surface area contributed by atoms with Crippen molar-refractivity contribution in [1.82, 2.24) is 4.57 Å². The third kappa shape index (κ3) is 4.79. The van der Waals surface area contributed by atoms with Gasteiger partial charge in [0.05, 0.1) is 12.8 Å². The van der Waals surface area contributed by atoms with Crippen LogP contribution in [0.3, 0.4) is 0 Å². The molecule has 2 aromatic carbocycles. The number of carboxylic acids is 1. The molecule has 1 aromatic heterocycles. The zero-order valence-electron chi connectivity index (χ0n) is 18.0. The molecule has 0 saturated carbocycles. The molecule has 3 aromatic rings. The second-order valence-electron chi connectivity index (χ2n) is 7.59. The van der Waals surface area contributed by atoms with E-state index in [9.17, 15) is 19.8 Å². The molecule has 0 amide bonds. The number of aryl methyl sites for hydroxylation is 2. The number of hydrogen-bond donors (Lipinski definition) is 2. The van der Waals surface area contributed by atoms with Gasteiger partial charge in [0.25, 0.3) is 0 Å². The second-order valence-corrected chi connectivity index (χ2v) is 7.59. The number of carboxylic acid groups (broad SMARTS) is 1. The first-order chi connectivity index (χ1) is 14.8. The summed E-state index contributed by atoms with van der Waals surface area (Å²) in [6.45, 7) is 4.11. The summed E-state index contributed by atoms with van der Waals surface area (Å²) in [6, 6.07) is 15.1. The molecule has 6 heteroatoms. The van der Waals surface area contributed by atoms with Crippen molar-refractivity contribution in [3.8, 4) is 22.8 Å². The number of aromatic nitrogens is 1. The molecule has 1 atom stereocenters. The average molecular weight is 421 g/mol. The molecule has 0 spiro atoms. The Balaban J connectivity index is 0.000000330. The van der Waals surface area contributed by atoms with Crippen molar-refractivity contribution in [2.24, 2.45) is 0 Å². The van der Waals surface area contributed by atoms with Crippen LogP contribution in [0.5, 0.6) is 11.5 Å². The summed E-state index contributed by atoms with van der Waals surface area (Å²) in [6.07, 6.45) is 3.77. The summed E-state index contributed by atoms with van der Waals surface area (Å²) < 4.78 is 7.05. The van der Waals surface area contributed by atoms with Gasteiger partial charge in [0.2, 0.25) is 0 Å². The minimum Gasteiger partial charge on any atom is -0.504 e. The number of hydrogen-bond acceptors (Lipinski definition) is 4. The first-order valence-corrected chi connectivity index (χ1v) is 10.3. The third-order valence-corrected chi connectivity index (χ3v) is 5.54. The number of phenols is 1. The Hall–Kier alpha value is -3.54. The lowest BCUT2D eigenvalue weighted by Gasteiger charge is -2.21. The molecule has 0 fully saturated rings. The molecule has 0 radical (unpaired) electrons. The average Bonchev–Trinajstić information content (AvgIpc) is 2.89. The molecule has 1 unspecified atom stereocenters. The summed E-state index contributed by atoms with van der Waals surface area (Å²) >= 11 is 0. The zero-order chi connectivity index (χ0) is 22.5. The van der Waals surface area contributed by atoms with Gasteiger partial charge in [-0.15, -0.1) is 0 Å². The van der Waals surface area contributed by atoms with Crippen molar-refractivity contribution in [3.63, 3.8) is 0 Å². The van der Waals surface area contributed by atoms with Crippen LogP contribution in [0.25, 0.3) is 11.3 Å². The van der Waals surface area contributed by atoms with Gasteiger partial charge in [-0.2, -0.15) is 0 Å². The van der Waals surface area contributed by atoms with Gasteiger partial charge >= 0.3 is 5.97 Å². The van der Waals surface area contributed by atoms with Gasteiger partial charge in [0.15, 0.2) is 16.9 Å². The highest BCUT2D eigenvalue weighted by Crippen LogP contribution is 2.39. The summed E-state index contributed by atoms with van der Waals surface area (Å²) in [5, 5.41) is 19.3. The van der Waals surface area contributed by atoms with E-state index in [0.717, 1.165) is 30.4 Å². The molecule has 162 valence electrons. The molecule has 0 saturated heterocycles. The molecular weight excluding hydrogens is 394 g/mol. The van der Waals surface area contributed by atoms with E-state index in [1.54, 1.807) is 12.1 Å². The van der Waals surface area contributed by atoms with E-state index < -0.39 is 11.4 Å².